The molecule has 0 aliphatic carbocycles. The van der Waals surface area contributed by atoms with Gasteiger partial charge in [0.1, 0.15) is 0 Å². The average Bonchev–Trinajstić information content (AvgIpc) is 1.99. The Bertz CT molecular complexity index is 305. The van der Waals surface area contributed by atoms with E-state index in [1.165, 1.54) is 6.92 Å². The molecule has 0 unspecified atom stereocenters. The molecule has 1 rings (SSSR count). The zero-order valence-corrected chi connectivity index (χ0v) is 7.79. The second kappa shape index (κ2) is 3.84. The molecule has 0 aliphatic rings. The standard InChI is InChI=1S/C8H11N3O2/c1-5-4-6(2)10-8(9-5)11-13-7(3)12/h4H,1-3H3,(H,9,10,11). The summed E-state index contributed by atoms with van der Waals surface area (Å²) in [6.45, 7) is 4.98. The maximum atomic E-state index is 10.4. The number of carbonyl (C=O) groups excluding carboxylic acids is 1. The molecule has 0 saturated carbocycles. The fourth-order valence-electron chi connectivity index (χ4n) is 0.889. The first kappa shape index (κ1) is 9.44. The van der Waals surface area contributed by atoms with Crippen LogP contribution in [0, 0.1) is 13.8 Å². The number of hydrogen-bond donors (Lipinski definition) is 1. The number of aromatic nitrogens is 2. The maximum Gasteiger partial charge on any atom is 0.329 e. The zero-order chi connectivity index (χ0) is 9.84. The third-order valence-electron chi connectivity index (χ3n) is 1.27. The second-order valence-electron chi connectivity index (χ2n) is 2.67. The molecule has 0 spiro atoms. The number of rotatable bonds is 2. The van der Waals surface area contributed by atoms with Gasteiger partial charge in [-0.25, -0.2) is 9.97 Å². The van der Waals surface area contributed by atoms with E-state index in [1.54, 1.807) is 0 Å². The van der Waals surface area contributed by atoms with Gasteiger partial charge in [-0.3, -0.25) is 4.79 Å². The molecule has 1 heterocycles. The predicted molar refractivity (Wildman–Crippen MR) is 46.9 cm³/mol. The molecule has 0 aromatic carbocycles. The molecule has 0 saturated heterocycles. The normalized spacial score (nSPS) is 9.46. The van der Waals surface area contributed by atoms with Gasteiger partial charge in [-0.15, -0.1) is 0 Å². The van der Waals surface area contributed by atoms with E-state index in [2.05, 4.69) is 20.3 Å². The third-order valence-corrected chi connectivity index (χ3v) is 1.27. The summed E-state index contributed by atoms with van der Waals surface area (Å²) in [5.74, 6) is -0.129. The lowest BCUT2D eigenvalue weighted by molar-refractivity contribution is -0.138. The van der Waals surface area contributed by atoms with Crippen molar-refractivity contribution in [2.75, 3.05) is 5.48 Å². The van der Waals surface area contributed by atoms with Crippen molar-refractivity contribution >= 4 is 11.9 Å². The molecule has 1 aromatic heterocycles. The van der Waals surface area contributed by atoms with Gasteiger partial charge in [-0.1, -0.05) is 0 Å². The zero-order valence-electron chi connectivity index (χ0n) is 7.79. The van der Waals surface area contributed by atoms with Crippen LogP contribution in [0.5, 0.6) is 0 Å². The molecule has 70 valence electrons. The van der Waals surface area contributed by atoms with Crippen LogP contribution >= 0.6 is 0 Å². The van der Waals surface area contributed by atoms with E-state index in [0.29, 0.717) is 5.95 Å². The monoisotopic (exact) mass is 181 g/mol. The first-order valence-corrected chi connectivity index (χ1v) is 3.83. The number of anilines is 1. The topological polar surface area (TPSA) is 64.1 Å². The summed E-state index contributed by atoms with van der Waals surface area (Å²) in [6, 6.07) is 1.83. The molecule has 0 bridgehead atoms. The van der Waals surface area contributed by atoms with E-state index in [1.807, 2.05) is 19.9 Å². The van der Waals surface area contributed by atoms with Gasteiger partial charge in [-0.2, -0.15) is 5.48 Å². The van der Waals surface area contributed by atoms with Gasteiger partial charge in [0.15, 0.2) is 0 Å². The van der Waals surface area contributed by atoms with E-state index < -0.39 is 5.97 Å². The van der Waals surface area contributed by atoms with Gasteiger partial charge in [0.05, 0.1) is 0 Å². The van der Waals surface area contributed by atoms with Gasteiger partial charge >= 0.3 is 5.97 Å². The first-order chi connectivity index (χ1) is 6.08. The summed E-state index contributed by atoms with van der Waals surface area (Å²) in [7, 11) is 0. The molecular formula is C8H11N3O2. The molecule has 0 atom stereocenters. The Morgan fingerprint density at radius 2 is 1.92 bits per heavy atom. The lowest BCUT2D eigenvalue weighted by atomic mass is 10.4. The summed E-state index contributed by atoms with van der Waals surface area (Å²) in [4.78, 5) is 23.0. The molecule has 0 amide bonds. The number of nitrogens with one attached hydrogen (secondary N) is 1. The van der Waals surface area contributed by atoms with Gasteiger partial charge < -0.3 is 4.84 Å². The smallest absolute Gasteiger partial charge is 0.329 e. The molecule has 1 aromatic rings. The van der Waals surface area contributed by atoms with Crippen molar-refractivity contribution in [1.82, 2.24) is 9.97 Å². The summed E-state index contributed by atoms with van der Waals surface area (Å²) >= 11 is 0. The Hall–Kier alpha value is -1.65. The Morgan fingerprint density at radius 1 is 1.38 bits per heavy atom. The fourth-order valence-corrected chi connectivity index (χ4v) is 0.889. The molecule has 5 nitrogen and oxygen atoms in total. The molecule has 0 radical (unpaired) electrons. The molecule has 13 heavy (non-hydrogen) atoms. The van der Waals surface area contributed by atoms with Crippen molar-refractivity contribution in [2.45, 2.75) is 20.8 Å². The van der Waals surface area contributed by atoms with Crippen molar-refractivity contribution < 1.29 is 9.63 Å². The summed E-state index contributed by atoms with van der Waals surface area (Å²) < 4.78 is 0. The van der Waals surface area contributed by atoms with Crippen molar-refractivity contribution in [3.8, 4) is 0 Å². The van der Waals surface area contributed by atoms with Crippen molar-refractivity contribution in [1.29, 1.82) is 0 Å². The van der Waals surface area contributed by atoms with Crippen molar-refractivity contribution in [3.63, 3.8) is 0 Å². The number of carbonyl (C=O) groups is 1. The fraction of sp³-hybridized carbons (Fsp3) is 0.375. The number of aryl methyl sites for hydroxylation is 2. The Balaban J connectivity index is 2.71. The largest absolute Gasteiger partial charge is 0.341 e. The minimum absolute atomic E-state index is 0.299. The van der Waals surface area contributed by atoms with Crippen LogP contribution in [-0.4, -0.2) is 15.9 Å². The Labute approximate surface area is 76.1 Å². The minimum Gasteiger partial charge on any atom is -0.341 e. The van der Waals surface area contributed by atoms with E-state index in [9.17, 15) is 4.79 Å². The predicted octanol–water partition coefficient (Wildman–Crippen LogP) is 0.983. The highest BCUT2D eigenvalue weighted by Crippen LogP contribution is 2.03. The van der Waals surface area contributed by atoms with Gasteiger partial charge in [0.25, 0.3) is 5.95 Å². The Kier molecular flexibility index (Phi) is 2.79. The summed E-state index contributed by atoms with van der Waals surface area (Å²) in [6.07, 6.45) is 0. The van der Waals surface area contributed by atoms with Crippen LogP contribution in [0.1, 0.15) is 18.3 Å². The van der Waals surface area contributed by atoms with Crippen molar-refractivity contribution in [2.24, 2.45) is 0 Å². The van der Waals surface area contributed by atoms with E-state index in [-0.39, 0.29) is 0 Å². The van der Waals surface area contributed by atoms with Crippen LogP contribution in [-0.2, 0) is 9.63 Å². The highest BCUT2D eigenvalue weighted by Gasteiger charge is 1.99. The van der Waals surface area contributed by atoms with Crippen LogP contribution < -0.4 is 5.48 Å². The molecule has 0 fully saturated rings. The minimum atomic E-state index is -0.428. The van der Waals surface area contributed by atoms with E-state index >= 15 is 0 Å². The summed E-state index contributed by atoms with van der Waals surface area (Å²) in [5, 5.41) is 0. The van der Waals surface area contributed by atoms with E-state index in [0.717, 1.165) is 11.4 Å². The van der Waals surface area contributed by atoms with Gasteiger partial charge in [0, 0.05) is 18.3 Å². The lowest BCUT2D eigenvalue weighted by Gasteiger charge is -2.04. The third kappa shape index (κ3) is 3.06. The van der Waals surface area contributed by atoms with Gasteiger partial charge in [-0.05, 0) is 19.9 Å². The second-order valence-corrected chi connectivity index (χ2v) is 2.67. The van der Waals surface area contributed by atoms with Crippen LogP contribution in [0.25, 0.3) is 0 Å². The average molecular weight is 181 g/mol. The summed E-state index contributed by atoms with van der Waals surface area (Å²) in [5.41, 5.74) is 4.00. The van der Waals surface area contributed by atoms with Crippen molar-refractivity contribution in [3.05, 3.63) is 17.5 Å². The van der Waals surface area contributed by atoms with E-state index in [4.69, 9.17) is 0 Å². The van der Waals surface area contributed by atoms with Crippen LogP contribution in [0.4, 0.5) is 5.95 Å². The molecule has 0 aliphatic heterocycles. The first-order valence-electron chi connectivity index (χ1n) is 3.83. The lowest BCUT2D eigenvalue weighted by Crippen LogP contribution is -2.09. The van der Waals surface area contributed by atoms with Crippen LogP contribution in [0.2, 0.25) is 0 Å². The van der Waals surface area contributed by atoms with Gasteiger partial charge in [0.2, 0.25) is 0 Å². The molecular weight excluding hydrogens is 170 g/mol. The molecule has 1 N–H and O–H groups in total. The highest BCUT2D eigenvalue weighted by molar-refractivity contribution is 5.66. The number of hydrogen-bond acceptors (Lipinski definition) is 5. The molecule has 5 heteroatoms. The van der Waals surface area contributed by atoms with Crippen LogP contribution in [0.15, 0.2) is 6.07 Å². The highest BCUT2D eigenvalue weighted by atomic mass is 16.7. The Morgan fingerprint density at radius 3 is 2.38 bits per heavy atom. The quantitative estimate of drug-likeness (QED) is 0.689. The number of nitrogens with zero attached hydrogens (tertiary/aromatic N) is 2. The SMILES string of the molecule is CC(=O)ONc1nc(C)cc(C)n1. The maximum absolute atomic E-state index is 10.4. The van der Waals surface area contributed by atoms with Crippen LogP contribution in [0.3, 0.4) is 0 Å².